The maximum absolute atomic E-state index is 14.3. The van der Waals surface area contributed by atoms with E-state index in [-0.39, 0.29) is 23.7 Å². The molecule has 0 radical (unpaired) electrons. The highest BCUT2D eigenvalue weighted by molar-refractivity contribution is 5.97. The fourth-order valence-electron chi connectivity index (χ4n) is 4.78. The number of nitrogens with zero attached hydrogens (tertiary/aromatic N) is 5. The Morgan fingerprint density at radius 1 is 0.976 bits per heavy atom. The molecule has 0 saturated carbocycles. The van der Waals surface area contributed by atoms with Gasteiger partial charge in [-0.1, -0.05) is 20.8 Å². The van der Waals surface area contributed by atoms with Crippen LogP contribution < -0.4 is 11.1 Å². The molecule has 6 rings (SSSR count). The van der Waals surface area contributed by atoms with Gasteiger partial charge in [-0.25, -0.2) is 14.4 Å². The smallest absolute Gasteiger partial charge is 0.224 e. The predicted molar refractivity (Wildman–Crippen MR) is 156 cm³/mol. The van der Waals surface area contributed by atoms with E-state index in [4.69, 9.17) is 10.7 Å². The van der Waals surface area contributed by atoms with Gasteiger partial charge in [0.1, 0.15) is 11.5 Å². The fourth-order valence-corrected chi connectivity index (χ4v) is 4.78. The van der Waals surface area contributed by atoms with Gasteiger partial charge in [0.2, 0.25) is 5.91 Å². The maximum atomic E-state index is 14.3. The number of rotatable bonds is 6. The first-order chi connectivity index (χ1) is 19.7. The highest BCUT2D eigenvalue weighted by Gasteiger charge is 2.18. The van der Waals surface area contributed by atoms with Crippen molar-refractivity contribution in [1.82, 2.24) is 35.1 Å². The molecule has 5 aromatic heterocycles. The monoisotopic (exact) mass is 549 g/mol. The molecule has 11 heteroatoms. The molecule has 0 bridgehead atoms. The first-order valence-electron chi connectivity index (χ1n) is 13.1. The first-order valence-corrected chi connectivity index (χ1v) is 13.1. The normalized spacial score (nSPS) is 11.8. The summed E-state index contributed by atoms with van der Waals surface area (Å²) in [4.78, 5) is 33.8. The summed E-state index contributed by atoms with van der Waals surface area (Å²) in [6, 6.07) is 8.51. The fraction of sp³-hybridized carbons (Fsp3) is 0.200. The maximum Gasteiger partial charge on any atom is 0.224 e. The van der Waals surface area contributed by atoms with E-state index in [1.165, 1.54) is 12.1 Å². The summed E-state index contributed by atoms with van der Waals surface area (Å²) < 4.78 is 14.3. The third-order valence-electron chi connectivity index (χ3n) is 6.59. The molecule has 0 atom stereocenters. The Balaban J connectivity index is 1.37. The lowest BCUT2D eigenvalue weighted by atomic mass is 9.92. The highest BCUT2D eigenvalue weighted by atomic mass is 19.1. The lowest BCUT2D eigenvalue weighted by Crippen LogP contribution is -2.19. The van der Waals surface area contributed by atoms with Gasteiger partial charge in [-0.3, -0.25) is 19.9 Å². The molecule has 206 valence electrons. The SMILES string of the molecule is CC(C)(C)CC(=O)Nc1cncc(-c2cnc3n[nH]c(-c4nc5c(-c6cc(F)cc(CN)c6)cncc5[nH]4)c3c2)c1. The van der Waals surface area contributed by atoms with Crippen molar-refractivity contribution in [2.75, 3.05) is 5.32 Å². The summed E-state index contributed by atoms with van der Waals surface area (Å²) in [5, 5.41) is 11.1. The molecular formula is C30H28FN9O. The minimum Gasteiger partial charge on any atom is -0.335 e. The molecular weight excluding hydrogens is 521 g/mol. The summed E-state index contributed by atoms with van der Waals surface area (Å²) in [6.45, 7) is 6.27. The Labute approximate surface area is 234 Å². The number of amides is 1. The standard InChI is InChI=1S/C30H28FN9O/c1-30(2,3)9-25(41)36-21-7-18(11-33-13-21)19-8-22-27(39-40-28(22)35-12-19)29-37-24-15-34-14-23(26(24)38-29)17-4-16(10-32)5-20(31)6-17/h4-8,11-15H,9-10,32H2,1-3H3,(H,36,41)(H,37,38)(H,35,39,40). The van der Waals surface area contributed by atoms with Gasteiger partial charge in [0.25, 0.3) is 0 Å². The number of carbonyl (C=O) groups is 1. The Kier molecular flexibility index (Phi) is 6.50. The Morgan fingerprint density at radius 2 is 1.78 bits per heavy atom. The minimum absolute atomic E-state index is 0.0709. The molecule has 0 aliphatic carbocycles. The second-order valence-electron chi connectivity index (χ2n) is 11.2. The Bertz CT molecular complexity index is 1920. The first kappa shape index (κ1) is 26.2. The predicted octanol–water partition coefficient (Wildman–Crippen LogP) is 5.60. The zero-order valence-corrected chi connectivity index (χ0v) is 22.8. The van der Waals surface area contributed by atoms with Crippen molar-refractivity contribution in [1.29, 1.82) is 0 Å². The second-order valence-corrected chi connectivity index (χ2v) is 11.2. The quantitative estimate of drug-likeness (QED) is 0.211. The third kappa shape index (κ3) is 5.39. The molecule has 41 heavy (non-hydrogen) atoms. The summed E-state index contributed by atoms with van der Waals surface area (Å²) in [5.74, 6) is 0.0899. The van der Waals surface area contributed by atoms with Crippen molar-refractivity contribution < 1.29 is 9.18 Å². The van der Waals surface area contributed by atoms with Gasteiger partial charge in [0, 0.05) is 48.2 Å². The molecule has 0 fully saturated rings. The van der Waals surface area contributed by atoms with E-state index in [1.807, 2.05) is 39.0 Å². The van der Waals surface area contributed by atoms with Gasteiger partial charge in [-0.15, -0.1) is 0 Å². The van der Waals surface area contributed by atoms with Gasteiger partial charge in [-0.05, 0) is 46.9 Å². The highest BCUT2D eigenvalue weighted by Crippen LogP contribution is 2.33. The van der Waals surface area contributed by atoms with E-state index >= 15 is 0 Å². The number of pyridine rings is 3. The number of H-pyrrole nitrogens is 2. The summed E-state index contributed by atoms with van der Waals surface area (Å²) in [5.41, 5.74) is 12.3. The molecule has 0 aliphatic heterocycles. The van der Waals surface area contributed by atoms with Crippen LogP contribution >= 0.6 is 0 Å². The Morgan fingerprint density at radius 3 is 2.59 bits per heavy atom. The van der Waals surface area contributed by atoms with Gasteiger partial charge in [-0.2, -0.15) is 5.10 Å². The number of hydrogen-bond donors (Lipinski definition) is 4. The van der Waals surface area contributed by atoms with Crippen LogP contribution in [0.1, 0.15) is 32.8 Å². The number of aromatic nitrogens is 7. The number of halogens is 1. The van der Waals surface area contributed by atoms with Crippen LogP contribution in [0.4, 0.5) is 10.1 Å². The number of anilines is 1. The number of benzene rings is 1. The number of aromatic amines is 2. The molecule has 5 heterocycles. The molecule has 0 aliphatic rings. The van der Waals surface area contributed by atoms with Crippen LogP contribution in [0.5, 0.6) is 0 Å². The molecule has 0 saturated heterocycles. The zero-order valence-electron chi connectivity index (χ0n) is 22.8. The second kappa shape index (κ2) is 10.2. The number of imidazole rings is 1. The number of carbonyl (C=O) groups excluding carboxylic acids is 1. The van der Waals surface area contributed by atoms with E-state index in [9.17, 15) is 9.18 Å². The molecule has 1 amide bonds. The van der Waals surface area contributed by atoms with Crippen LogP contribution in [0.2, 0.25) is 0 Å². The number of nitrogens with one attached hydrogen (secondary N) is 3. The van der Waals surface area contributed by atoms with E-state index < -0.39 is 0 Å². The van der Waals surface area contributed by atoms with Crippen molar-refractivity contribution in [2.24, 2.45) is 11.1 Å². The largest absolute Gasteiger partial charge is 0.335 e. The topological polar surface area (TPSA) is 151 Å². The lowest BCUT2D eigenvalue weighted by Gasteiger charge is -2.17. The lowest BCUT2D eigenvalue weighted by molar-refractivity contribution is -0.117. The number of hydrogen-bond acceptors (Lipinski definition) is 7. The van der Waals surface area contributed by atoms with Crippen molar-refractivity contribution in [3.8, 4) is 33.8 Å². The van der Waals surface area contributed by atoms with Crippen LogP contribution in [0, 0.1) is 11.2 Å². The van der Waals surface area contributed by atoms with Crippen LogP contribution in [0.15, 0.2) is 61.3 Å². The zero-order chi connectivity index (χ0) is 28.7. The van der Waals surface area contributed by atoms with Crippen LogP contribution in [-0.2, 0) is 11.3 Å². The van der Waals surface area contributed by atoms with Crippen LogP contribution in [0.3, 0.4) is 0 Å². The van der Waals surface area contributed by atoms with Crippen LogP contribution in [0.25, 0.3) is 55.8 Å². The number of fused-ring (bicyclic) bond motifs is 2. The van der Waals surface area contributed by atoms with Crippen molar-refractivity contribution in [3.05, 3.63) is 72.7 Å². The van der Waals surface area contributed by atoms with E-state index in [2.05, 4.69) is 35.5 Å². The summed E-state index contributed by atoms with van der Waals surface area (Å²) in [6.07, 6.45) is 8.78. The van der Waals surface area contributed by atoms with Gasteiger partial charge < -0.3 is 16.0 Å². The van der Waals surface area contributed by atoms with Gasteiger partial charge in [0.15, 0.2) is 11.5 Å². The van der Waals surface area contributed by atoms with Crippen LogP contribution in [-0.4, -0.2) is 41.0 Å². The Hall–Kier alpha value is -5.03. The molecule has 1 aromatic carbocycles. The molecule has 10 nitrogen and oxygen atoms in total. The summed E-state index contributed by atoms with van der Waals surface area (Å²) >= 11 is 0. The molecule has 5 N–H and O–H groups in total. The molecule has 6 aromatic rings. The van der Waals surface area contributed by atoms with E-state index in [0.717, 1.165) is 16.5 Å². The van der Waals surface area contributed by atoms with E-state index in [1.54, 1.807) is 31.0 Å². The molecule has 0 spiro atoms. The van der Waals surface area contributed by atoms with E-state index in [0.29, 0.717) is 57.0 Å². The van der Waals surface area contributed by atoms with Crippen molar-refractivity contribution >= 4 is 33.7 Å². The third-order valence-corrected chi connectivity index (χ3v) is 6.59. The average molecular weight is 550 g/mol. The van der Waals surface area contributed by atoms with Gasteiger partial charge in [0.05, 0.1) is 34.5 Å². The number of nitrogens with two attached hydrogens (primary N) is 1. The van der Waals surface area contributed by atoms with Crippen molar-refractivity contribution in [3.63, 3.8) is 0 Å². The molecule has 0 unspecified atom stereocenters. The minimum atomic E-state index is -0.374. The van der Waals surface area contributed by atoms with Crippen molar-refractivity contribution in [2.45, 2.75) is 33.7 Å². The average Bonchev–Trinajstić information content (AvgIpc) is 3.55. The summed E-state index contributed by atoms with van der Waals surface area (Å²) in [7, 11) is 0. The van der Waals surface area contributed by atoms with Gasteiger partial charge >= 0.3 is 0 Å².